The van der Waals surface area contributed by atoms with Crippen molar-refractivity contribution in [3.8, 4) is 0 Å². The summed E-state index contributed by atoms with van der Waals surface area (Å²) in [6, 6.07) is 1.31. The molecule has 2 nitrogen and oxygen atoms in total. The third-order valence-electron chi connectivity index (χ3n) is 2.93. The number of nitrogens with one attached hydrogen (secondary N) is 1. The molecule has 0 radical (unpaired) electrons. The Morgan fingerprint density at radius 1 is 1.00 bits per heavy atom. The molecular formula is C12H28N2. The summed E-state index contributed by atoms with van der Waals surface area (Å²) in [7, 11) is 0. The Kier molecular flexibility index (Phi) is 8.20. The van der Waals surface area contributed by atoms with Gasteiger partial charge in [-0.1, -0.05) is 27.7 Å². The highest BCUT2D eigenvalue weighted by atomic mass is 15.1. The van der Waals surface area contributed by atoms with E-state index < -0.39 is 0 Å². The van der Waals surface area contributed by atoms with E-state index >= 15 is 0 Å². The zero-order valence-electron chi connectivity index (χ0n) is 10.6. The summed E-state index contributed by atoms with van der Waals surface area (Å²) in [6.07, 6.45) is 2.47. The molecule has 86 valence electrons. The topological polar surface area (TPSA) is 15.3 Å². The third kappa shape index (κ3) is 5.61. The summed E-state index contributed by atoms with van der Waals surface area (Å²) < 4.78 is 0. The molecular weight excluding hydrogens is 172 g/mol. The smallest absolute Gasteiger partial charge is 0.0169 e. The minimum absolute atomic E-state index is 0.611. The van der Waals surface area contributed by atoms with Gasteiger partial charge in [0.1, 0.15) is 0 Å². The fourth-order valence-corrected chi connectivity index (χ4v) is 1.85. The maximum atomic E-state index is 3.67. The van der Waals surface area contributed by atoms with Crippen molar-refractivity contribution in [1.82, 2.24) is 10.2 Å². The molecule has 14 heavy (non-hydrogen) atoms. The summed E-state index contributed by atoms with van der Waals surface area (Å²) in [5, 5.41) is 3.67. The van der Waals surface area contributed by atoms with Crippen LogP contribution in [0.5, 0.6) is 0 Å². The van der Waals surface area contributed by atoms with Gasteiger partial charge in [0, 0.05) is 18.6 Å². The number of rotatable bonds is 8. The van der Waals surface area contributed by atoms with Gasteiger partial charge in [-0.2, -0.15) is 0 Å². The molecule has 0 saturated carbocycles. The maximum Gasteiger partial charge on any atom is 0.0169 e. The van der Waals surface area contributed by atoms with Gasteiger partial charge in [0.2, 0.25) is 0 Å². The van der Waals surface area contributed by atoms with E-state index in [1.165, 1.54) is 19.4 Å². The van der Waals surface area contributed by atoms with Gasteiger partial charge >= 0.3 is 0 Å². The van der Waals surface area contributed by atoms with E-state index in [1.807, 2.05) is 0 Å². The van der Waals surface area contributed by atoms with Gasteiger partial charge in [-0.05, 0) is 32.9 Å². The maximum absolute atomic E-state index is 3.67. The second-order valence-electron chi connectivity index (χ2n) is 4.07. The van der Waals surface area contributed by atoms with Crippen LogP contribution in [0.1, 0.15) is 47.5 Å². The van der Waals surface area contributed by atoms with Crippen molar-refractivity contribution in [1.29, 1.82) is 0 Å². The fraction of sp³-hybridized carbons (Fsp3) is 1.00. The van der Waals surface area contributed by atoms with Crippen molar-refractivity contribution in [2.45, 2.75) is 59.5 Å². The Hall–Kier alpha value is -0.0800. The van der Waals surface area contributed by atoms with Crippen molar-refractivity contribution in [2.75, 3.05) is 19.6 Å². The van der Waals surface area contributed by atoms with Crippen LogP contribution < -0.4 is 5.32 Å². The highest BCUT2D eigenvalue weighted by Crippen LogP contribution is 1.99. The van der Waals surface area contributed by atoms with Crippen LogP contribution in [-0.2, 0) is 0 Å². The van der Waals surface area contributed by atoms with E-state index in [0.29, 0.717) is 12.1 Å². The average Bonchev–Trinajstić information content (AvgIpc) is 2.22. The largest absolute Gasteiger partial charge is 0.310 e. The van der Waals surface area contributed by atoms with Crippen LogP contribution in [0.15, 0.2) is 0 Å². The molecule has 0 aliphatic rings. The zero-order valence-corrected chi connectivity index (χ0v) is 10.6. The molecule has 1 unspecified atom stereocenters. The zero-order chi connectivity index (χ0) is 11.0. The van der Waals surface area contributed by atoms with E-state index in [-0.39, 0.29) is 0 Å². The first-order valence-electron chi connectivity index (χ1n) is 6.16. The molecule has 0 bridgehead atoms. The van der Waals surface area contributed by atoms with E-state index in [9.17, 15) is 0 Å². The molecule has 1 N–H and O–H groups in total. The second-order valence-corrected chi connectivity index (χ2v) is 4.07. The molecule has 0 spiro atoms. The van der Waals surface area contributed by atoms with Crippen LogP contribution in [0.2, 0.25) is 0 Å². The van der Waals surface area contributed by atoms with Gasteiger partial charge in [-0.3, -0.25) is 0 Å². The van der Waals surface area contributed by atoms with Crippen molar-refractivity contribution >= 4 is 0 Å². The van der Waals surface area contributed by atoms with Gasteiger partial charge < -0.3 is 10.2 Å². The molecule has 0 aromatic heterocycles. The Morgan fingerprint density at radius 3 is 1.86 bits per heavy atom. The summed E-state index contributed by atoms with van der Waals surface area (Å²) in [5.41, 5.74) is 0. The first-order valence-corrected chi connectivity index (χ1v) is 6.16. The monoisotopic (exact) mass is 200 g/mol. The van der Waals surface area contributed by atoms with E-state index in [1.54, 1.807) is 0 Å². The normalized spacial score (nSPS) is 13.9. The van der Waals surface area contributed by atoms with Gasteiger partial charge in [0.15, 0.2) is 0 Å². The summed E-state index contributed by atoms with van der Waals surface area (Å²) >= 11 is 0. The Morgan fingerprint density at radius 2 is 1.50 bits per heavy atom. The molecule has 0 fully saturated rings. The first kappa shape index (κ1) is 13.9. The number of likely N-dealkylation sites (N-methyl/N-ethyl adjacent to an activating group) is 1. The number of nitrogens with zero attached hydrogens (tertiary/aromatic N) is 1. The molecule has 0 aliphatic heterocycles. The minimum atomic E-state index is 0.611. The van der Waals surface area contributed by atoms with Crippen molar-refractivity contribution in [3.63, 3.8) is 0 Å². The van der Waals surface area contributed by atoms with Crippen LogP contribution >= 0.6 is 0 Å². The van der Waals surface area contributed by atoms with Crippen LogP contribution in [0.4, 0.5) is 0 Å². The molecule has 0 aliphatic carbocycles. The average molecular weight is 200 g/mol. The number of hydrogen-bond donors (Lipinski definition) is 1. The fourth-order valence-electron chi connectivity index (χ4n) is 1.85. The molecule has 0 rings (SSSR count). The number of hydrogen-bond acceptors (Lipinski definition) is 2. The highest BCUT2D eigenvalue weighted by molar-refractivity contribution is 4.71. The minimum Gasteiger partial charge on any atom is -0.310 e. The van der Waals surface area contributed by atoms with E-state index in [2.05, 4.69) is 44.8 Å². The Labute approximate surface area is 90.1 Å². The Bertz CT molecular complexity index is 103. The van der Waals surface area contributed by atoms with Gasteiger partial charge in [0.25, 0.3) is 0 Å². The Balaban J connectivity index is 3.77. The van der Waals surface area contributed by atoms with Crippen LogP contribution in [0.25, 0.3) is 0 Å². The predicted molar refractivity (Wildman–Crippen MR) is 64.8 cm³/mol. The summed E-state index contributed by atoms with van der Waals surface area (Å²) in [4.78, 5) is 2.47. The first-order chi connectivity index (χ1) is 6.67. The van der Waals surface area contributed by atoms with E-state index in [0.717, 1.165) is 13.1 Å². The van der Waals surface area contributed by atoms with Crippen molar-refractivity contribution in [2.24, 2.45) is 0 Å². The lowest BCUT2D eigenvalue weighted by Crippen LogP contribution is -2.43. The predicted octanol–water partition coefficient (Wildman–Crippen LogP) is 2.49. The lowest BCUT2D eigenvalue weighted by molar-refractivity contribution is 0.258. The molecule has 0 amide bonds. The molecule has 0 aromatic carbocycles. The third-order valence-corrected chi connectivity index (χ3v) is 2.93. The highest BCUT2D eigenvalue weighted by Gasteiger charge is 2.10. The van der Waals surface area contributed by atoms with Crippen LogP contribution in [0, 0.1) is 0 Å². The standard InChI is InChI=1S/C12H28N2/c1-6-12(7-2)13-11(5)10-14(8-3)9-4/h11-13H,6-10H2,1-5H3. The lowest BCUT2D eigenvalue weighted by atomic mass is 10.1. The van der Waals surface area contributed by atoms with Crippen LogP contribution in [0.3, 0.4) is 0 Å². The molecule has 0 heterocycles. The lowest BCUT2D eigenvalue weighted by Gasteiger charge is -2.26. The summed E-state index contributed by atoms with van der Waals surface area (Å²) in [5.74, 6) is 0. The van der Waals surface area contributed by atoms with Gasteiger partial charge in [0.05, 0.1) is 0 Å². The second kappa shape index (κ2) is 8.25. The van der Waals surface area contributed by atoms with E-state index in [4.69, 9.17) is 0 Å². The quantitative estimate of drug-likeness (QED) is 0.647. The van der Waals surface area contributed by atoms with Crippen LogP contribution in [-0.4, -0.2) is 36.6 Å². The molecule has 0 aromatic rings. The molecule has 1 atom stereocenters. The SMILES string of the molecule is CCC(CC)NC(C)CN(CC)CC. The van der Waals surface area contributed by atoms with Gasteiger partial charge in [-0.15, -0.1) is 0 Å². The van der Waals surface area contributed by atoms with Crippen molar-refractivity contribution in [3.05, 3.63) is 0 Å². The molecule has 0 saturated heterocycles. The van der Waals surface area contributed by atoms with Gasteiger partial charge in [-0.25, -0.2) is 0 Å². The van der Waals surface area contributed by atoms with Crippen molar-refractivity contribution < 1.29 is 0 Å². The summed E-state index contributed by atoms with van der Waals surface area (Å²) in [6.45, 7) is 14.7. The molecule has 2 heteroatoms.